The van der Waals surface area contributed by atoms with Crippen molar-refractivity contribution >= 4 is 9.84 Å². The van der Waals surface area contributed by atoms with Crippen LogP contribution >= 0.6 is 0 Å². The fraction of sp³-hybridized carbons (Fsp3) is 1.00. The maximum absolute atomic E-state index is 11.4. The van der Waals surface area contributed by atoms with Crippen molar-refractivity contribution in [3.63, 3.8) is 0 Å². The highest BCUT2D eigenvalue weighted by molar-refractivity contribution is 7.91. The predicted octanol–water partition coefficient (Wildman–Crippen LogP) is 1.61. The lowest BCUT2D eigenvalue weighted by molar-refractivity contribution is 0.120. The van der Waals surface area contributed by atoms with Crippen LogP contribution in [0.2, 0.25) is 0 Å². The van der Waals surface area contributed by atoms with Gasteiger partial charge in [-0.05, 0) is 32.7 Å². The van der Waals surface area contributed by atoms with E-state index in [9.17, 15) is 8.42 Å². The zero-order chi connectivity index (χ0) is 13.1. The summed E-state index contributed by atoms with van der Waals surface area (Å²) in [6.07, 6.45) is 2.65. The molecule has 0 heterocycles. The minimum atomic E-state index is -2.82. The molecule has 0 saturated heterocycles. The SMILES string of the molecule is CCCNC(CCCS(=O)(=O)CC)COCC. The Morgan fingerprint density at radius 3 is 2.47 bits per heavy atom. The van der Waals surface area contributed by atoms with Crippen molar-refractivity contribution in [3.05, 3.63) is 0 Å². The molecule has 0 fully saturated rings. The third kappa shape index (κ3) is 9.56. The molecule has 0 spiro atoms. The first-order valence-corrected chi connectivity index (χ1v) is 8.39. The third-order valence-electron chi connectivity index (χ3n) is 2.65. The summed E-state index contributed by atoms with van der Waals surface area (Å²) in [6, 6.07) is 0.280. The molecule has 0 radical (unpaired) electrons. The van der Waals surface area contributed by atoms with Crippen molar-refractivity contribution in [2.45, 2.75) is 46.1 Å². The lowest BCUT2D eigenvalue weighted by Crippen LogP contribution is -2.34. The van der Waals surface area contributed by atoms with Crippen LogP contribution in [-0.2, 0) is 14.6 Å². The summed E-state index contributed by atoms with van der Waals surface area (Å²) in [4.78, 5) is 0. The van der Waals surface area contributed by atoms with E-state index in [0.29, 0.717) is 25.4 Å². The third-order valence-corrected chi connectivity index (χ3v) is 4.44. The molecule has 0 rings (SSSR count). The molecule has 4 nitrogen and oxygen atoms in total. The Hall–Kier alpha value is -0.130. The Morgan fingerprint density at radius 1 is 1.24 bits per heavy atom. The van der Waals surface area contributed by atoms with Crippen LogP contribution < -0.4 is 5.32 Å². The molecule has 5 heteroatoms. The molecule has 0 aromatic heterocycles. The van der Waals surface area contributed by atoms with Gasteiger partial charge < -0.3 is 10.1 Å². The van der Waals surface area contributed by atoms with Gasteiger partial charge in [0.05, 0.1) is 12.4 Å². The first-order chi connectivity index (χ1) is 8.05. The zero-order valence-electron chi connectivity index (χ0n) is 11.4. The summed E-state index contributed by atoms with van der Waals surface area (Å²) < 4.78 is 28.1. The van der Waals surface area contributed by atoms with Gasteiger partial charge in [-0.3, -0.25) is 0 Å². The largest absolute Gasteiger partial charge is 0.380 e. The fourth-order valence-corrected chi connectivity index (χ4v) is 2.44. The molecule has 0 aliphatic heterocycles. The van der Waals surface area contributed by atoms with Crippen molar-refractivity contribution in [3.8, 4) is 0 Å². The van der Waals surface area contributed by atoms with Crippen LogP contribution in [0.15, 0.2) is 0 Å². The second-order valence-corrected chi connectivity index (χ2v) is 6.66. The molecular weight excluding hydrogens is 238 g/mol. The Balaban J connectivity index is 3.89. The molecule has 0 aromatic rings. The minimum Gasteiger partial charge on any atom is -0.380 e. The molecule has 1 unspecified atom stereocenters. The first kappa shape index (κ1) is 16.9. The average Bonchev–Trinajstić information content (AvgIpc) is 2.31. The van der Waals surface area contributed by atoms with E-state index in [4.69, 9.17) is 4.74 Å². The highest BCUT2D eigenvalue weighted by Crippen LogP contribution is 2.03. The van der Waals surface area contributed by atoms with E-state index in [0.717, 1.165) is 19.4 Å². The van der Waals surface area contributed by atoms with Crippen LogP contribution in [0.1, 0.15) is 40.0 Å². The van der Waals surface area contributed by atoms with Gasteiger partial charge >= 0.3 is 0 Å². The van der Waals surface area contributed by atoms with E-state index in [1.807, 2.05) is 6.92 Å². The van der Waals surface area contributed by atoms with Gasteiger partial charge in [0.15, 0.2) is 0 Å². The van der Waals surface area contributed by atoms with Gasteiger partial charge in [0.2, 0.25) is 0 Å². The molecule has 0 bridgehead atoms. The number of ether oxygens (including phenoxy) is 1. The highest BCUT2D eigenvalue weighted by atomic mass is 32.2. The van der Waals surface area contributed by atoms with Gasteiger partial charge in [-0.2, -0.15) is 0 Å². The smallest absolute Gasteiger partial charge is 0.150 e. The van der Waals surface area contributed by atoms with Gasteiger partial charge in [0.25, 0.3) is 0 Å². The molecule has 0 aromatic carbocycles. The van der Waals surface area contributed by atoms with Crippen LogP contribution in [0, 0.1) is 0 Å². The maximum Gasteiger partial charge on any atom is 0.150 e. The van der Waals surface area contributed by atoms with Gasteiger partial charge in [-0.1, -0.05) is 13.8 Å². The highest BCUT2D eigenvalue weighted by Gasteiger charge is 2.11. The Labute approximate surface area is 106 Å². The minimum absolute atomic E-state index is 0.242. The second kappa shape index (κ2) is 9.85. The summed E-state index contributed by atoms with van der Waals surface area (Å²) in [7, 11) is -2.82. The Kier molecular flexibility index (Phi) is 9.78. The number of rotatable bonds is 11. The van der Waals surface area contributed by atoms with Crippen molar-refractivity contribution in [2.75, 3.05) is 31.3 Å². The summed E-state index contributed by atoms with van der Waals surface area (Å²) in [5.74, 6) is 0.533. The van der Waals surface area contributed by atoms with Crippen LogP contribution in [0.25, 0.3) is 0 Å². The topological polar surface area (TPSA) is 55.4 Å². The molecule has 0 amide bonds. The Bertz CT molecular complexity index is 257. The fourth-order valence-electron chi connectivity index (χ4n) is 1.55. The van der Waals surface area contributed by atoms with Crippen LogP contribution in [0.5, 0.6) is 0 Å². The van der Waals surface area contributed by atoms with Crippen molar-refractivity contribution in [2.24, 2.45) is 0 Å². The molecule has 0 aliphatic carbocycles. The van der Waals surface area contributed by atoms with Gasteiger partial charge in [-0.15, -0.1) is 0 Å². The monoisotopic (exact) mass is 265 g/mol. The molecule has 1 atom stereocenters. The summed E-state index contributed by atoms with van der Waals surface area (Å²) in [5, 5.41) is 3.39. The second-order valence-electron chi connectivity index (χ2n) is 4.19. The molecular formula is C12H27NO3S. The predicted molar refractivity (Wildman–Crippen MR) is 72.1 cm³/mol. The van der Waals surface area contributed by atoms with Gasteiger partial charge in [0.1, 0.15) is 9.84 Å². The lowest BCUT2D eigenvalue weighted by Gasteiger charge is -2.18. The Morgan fingerprint density at radius 2 is 1.94 bits per heavy atom. The van der Waals surface area contributed by atoms with Crippen LogP contribution in [-0.4, -0.2) is 45.7 Å². The first-order valence-electron chi connectivity index (χ1n) is 6.57. The quantitative estimate of drug-likeness (QED) is 0.616. The number of nitrogens with one attached hydrogen (secondary N) is 1. The lowest BCUT2D eigenvalue weighted by atomic mass is 10.2. The summed E-state index contributed by atoms with van der Waals surface area (Å²) in [6.45, 7) is 8.12. The maximum atomic E-state index is 11.4. The average molecular weight is 265 g/mol. The number of sulfone groups is 1. The van der Waals surface area contributed by atoms with Crippen molar-refractivity contribution in [1.82, 2.24) is 5.32 Å². The normalized spacial score (nSPS) is 13.8. The van der Waals surface area contributed by atoms with Crippen molar-refractivity contribution < 1.29 is 13.2 Å². The molecule has 104 valence electrons. The zero-order valence-corrected chi connectivity index (χ0v) is 12.2. The van der Waals surface area contributed by atoms with E-state index >= 15 is 0 Å². The number of hydrogen-bond acceptors (Lipinski definition) is 4. The summed E-state index contributed by atoms with van der Waals surface area (Å²) in [5.41, 5.74) is 0. The van der Waals surface area contributed by atoms with Crippen LogP contribution in [0.3, 0.4) is 0 Å². The van der Waals surface area contributed by atoms with Gasteiger partial charge in [-0.25, -0.2) is 8.42 Å². The van der Waals surface area contributed by atoms with Crippen LogP contribution in [0.4, 0.5) is 0 Å². The molecule has 1 N–H and O–H groups in total. The van der Waals surface area contributed by atoms with E-state index in [2.05, 4.69) is 12.2 Å². The standard InChI is InChI=1S/C12H27NO3S/c1-4-9-13-12(11-16-5-2)8-7-10-17(14,15)6-3/h12-13H,4-11H2,1-3H3. The molecule has 0 aliphatic rings. The number of hydrogen-bond donors (Lipinski definition) is 1. The summed E-state index contributed by atoms with van der Waals surface area (Å²) >= 11 is 0. The van der Waals surface area contributed by atoms with E-state index in [1.54, 1.807) is 6.92 Å². The van der Waals surface area contributed by atoms with Gasteiger partial charge in [0, 0.05) is 18.4 Å². The molecule has 17 heavy (non-hydrogen) atoms. The van der Waals surface area contributed by atoms with E-state index < -0.39 is 9.84 Å². The van der Waals surface area contributed by atoms with Crippen molar-refractivity contribution in [1.29, 1.82) is 0 Å². The molecule has 0 saturated carbocycles. The van der Waals surface area contributed by atoms with E-state index in [-0.39, 0.29) is 11.8 Å². The van der Waals surface area contributed by atoms with E-state index in [1.165, 1.54) is 0 Å².